The molecule has 7 heteroatoms. The number of rotatable bonds is 5. The highest BCUT2D eigenvalue weighted by Crippen LogP contribution is 2.20. The van der Waals surface area contributed by atoms with Crippen molar-refractivity contribution < 1.29 is 9.59 Å². The highest BCUT2D eigenvalue weighted by molar-refractivity contribution is 6.31. The lowest BCUT2D eigenvalue weighted by Gasteiger charge is -2.18. The molecule has 1 atom stereocenters. The summed E-state index contributed by atoms with van der Waals surface area (Å²) in [7, 11) is 1.69. The summed E-state index contributed by atoms with van der Waals surface area (Å²) < 4.78 is 0. The zero-order chi connectivity index (χ0) is 21.7. The molecular weight excluding hydrogens is 421 g/mol. The summed E-state index contributed by atoms with van der Waals surface area (Å²) in [5, 5.41) is 6.90. The van der Waals surface area contributed by atoms with Gasteiger partial charge in [0.25, 0.3) is 5.91 Å². The Bertz CT molecular complexity index is 1020. The quantitative estimate of drug-likeness (QED) is 0.498. The van der Waals surface area contributed by atoms with Crippen molar-refractivity contribution in [2.75, 3.05) is 17.3 Å². The first-order valence-electron chi connectivity index (χ1n) is 9.30. The highest BCUT2D eigenvalue weighted by atomic mass is 35.5. The second-order valence-electron chi connectivity index (χ2n) is 6.79. The molecule has 1 unspecified atom stereocenters. The molecule has 0 heterocycles. The van der Waals surface area contributed by atoms with Crippen molar-refractivity contribution in [3.63, 3.8) is 0 Å². The minimum Gasteiger partial charge on any atom is -0.331 e. The Labute approximate surface area is 185 Å². The molecule has 0 aliphatic carbocycles. The summed E-state index contributed by atoms with van der Waals surface area (Å²) in [6.45, 7) is 1.89. The lowest BCUT2D eigenvalue weighted by Crippen LogP contribution is -2.31. The minimum absolute atomic E-state index is 0.151. The predicted molar refractivity (Wildman–Crippen MR) is 123 cm³/mol. The van der Waals surface area contributed by atoms with Gasteiger partial charge in [0, 0.05) is 34.0 Å². The summed E-state index contributed by atoms with van der Waals surface area (Å²) in [5.41, 5.74) is 2.81. The van der Waals surface area contributed by atoms with Crippen molar-refractivity contribution in [2.24, 2.45) is 0 Å². The van der Waals surface area contributed by atoms with Crippen molar-refractivity contribution in [3.05, 3.63) is 94.0 Å². The van der Waals surface area contributed by atoms with Gasteiger partial charge >= 0.3 is 6.03 Å². The predicted octanol–water partition coefficient (Wildman–Crippen LogP) is 6.15. The third-order valence-electron chi connectivity index (χ3n) is 4.63. The van der Waals surface area contributed by atoms with Crippen molar-refractivity contribution in [1.29, 1.82) is 0 Å². The van der Waals surface area contributed by atoms with E-state index in [9.17, 15) is 9.59 Å². The van der Waals surface area contributed by atoms with E-state index in [0.717, 1.165) is 5.56 Å². The number of carbonyl (C=O) groups excluding carboxylic acids is 2. The zero-order valence-corrected chi connectivity index (χ0v) is 18.0. The summed E-state index contributed by atoms with van der Waals surface area (Å²) in [4.78, 5) is 26.4. The number of nitrogens with one attached hydrogen (secondary N) is 2. The van der Waals surface area contributed by atoms with E-state index >= 15 is 0 Å². The van der Waals surface area contributed by atoms with Crippen LogP contribution in [-0.4, -0.2) is 19.0 Å². The summed E-state index contributed by atoms with van der Waals surface area (Å²) in [6.07, 6.45) is 0. The van der Waals surface area contributed by atoms with Gasteiger partial charge in [0.1, 0.15) is 0 Å². The molecule has 3 aromatic carbocycles. The Morgan fingerprint density at radius 2 is 1.37 bits per heavy atom. The van der Waals surface area contributed by atoms with Gasteiger partial charge in [-0.2, -0.15) is 0 Å². The zero-order valence-electron chi connectivity index (χ0n) is 16.5. The van der Waals surface area contributed by atoms with Crippen LogP contribution in [0.2, 0.25) is 10.0 Å². The normalized spacial score (nSPS) is 11.5. The molecule has 5 nitrogen and oxygen atoms in total. The van der Waals surface area contributed by atoms with Gasteiger partial charge in [-0.25, -0.2) is 4.79 Å². The molecule has 0 spiro atoms. The third kappa shape index (κ3) is 5.53. The van der Waals surface area contributed by atoms with Crippen LogP contribution in [-0.2, 0) is 0 Å². The van der Waals surface area contributed by atoms with Crippen molar-refractivity contribution in [3.8, 4) is 0 Å². The Kier molecular flexibility index (Phi) is 6.98. The maximum atomic E-state index is 12.6. The Morgan fingerprint density at radius 1 is 0.833 bits per heavy atom. The van der Waals surface area contributed by atoms with Gasteiger partial charge < -0.3 is 15.5 Å². The first kappa shape index (κ1) is 21.7. The van der Waals surface area contributed by atoms with Gasteiger partial charge in [-0.3, -0.25) is 4.79 Å². The van der Waals surface area contributed by atoms with Crippen molar-refractivity contribution in [2.45, 2.75) is 13.0 Å². The number of anilines is 2. The maximum absolute atomic E-state index is 12.6. The van der Waals surface area contributed by atoms with Crippen LogP contribution in [0.4, 0.5) is 16.2 Å². The van der Waals surface area contributed by atoms with Gasteiger partial charge in [-0.15, -0.1) is 0 Å². The van der Waals surface area contributed by atoms with Gasteiger partial charge in [-0.1, -0.05) is 35.3 Å². The second kappa shape index (κ2) is 9.65. The SMILES string of the molecule is CC(NC(=O)Nc1ccc(N(C)C(=O)c2ccc(Cl)cc2)cc1)c1ccc(Cl)cc1. The standard InChI is InChI=1S/C23H21Cl2N3O2/c1-15(16-3-7-18(24)8-4-16)26-23(30)27-20-11-13-21(14-12-20)28(2)22(29)17-5-9-19(25)10-6-17/h3-15H,1-2H3,(H2,26,27,30). The van der Waals surface area contributed by atoms with Crippen LogP contribution in [0.1, 0.15) is 28.9 Å². The lowest BCUT2D eigenvalue weighted by molar-refractivity contribution is 0.0993. The van der Waals surface area contributed by atoms with E-state index in [1.54, 1.807) is 67.7 Å². The molecule has 0 aliphatic rings. The van der Waals surface area contributed by atoms with Gasteiger partial charge in [0.15, 0.2) is 0 Å². The smallest absolute Gasteiger partial charge is 0.319 e. The molecular formula is C23H21Cl2N3O2. The number of nitrogens with zero attached hydrogens (tertiary/aromatic N) is 1. The van der Waals surface area contributed by atoms with Crippen LogP contribution in [0.25, 0.3) is 0 Å². The number of halogens is 2. The Balaban J connectivity index is 1.59. The first-order valence-corrected chi connectivity index (χ1v) is 10.1. The van der Waals surface area contributed by atoms with Crippen LogP contribution < -0.4 is 15.5 Å². The van der Waals surface area contributed by atoms with Crippen LogP contribution in [0.3, 0.4) is 0 Å². The molecule has 0 bridgehead atoms. The van der Waals surface area contributed by atoms with Gasteiger partial charge in [-0.05, 0) is 73.2 Å². The fraction of sp³-hybridized carbons (Fsp3) is 0.130. The summed E-state index contributed by atoms with van der Waals surface area (Å²) >= 11 is 11.8. The average molecular weight is 442 g/mol. The van der Waals surface area contributed by atoms with E-state index < -0.39 is 0 Å². The molecule has 2 N–H and O–H groups in total. The maximum Gasteiger partial charge on any atom is 0.319 e. The van der Waals surface area contributed by atoms with Gasteiger partial charge in [0.05, 0.1) is 6.04 Å². The monoisotopic (exact) mass is 441 g/mol. The molecule has 3 aromatic rings. The molecule has 30 heavy (non-hydrogen) atoms. The molecule has 0 aromatic heterocycles. The summed E-state index contributed by atoms with van der Waals surface area (Å²) in [6, 6.07) is 20.6. The number of hydrogen-bond acceptors (Lipinski definition) is 2. The largest absolute Gasteiger partial charge is 0.331 e. The van der Waals surface area contributed by atoms with Gasteiger partial charge in [0.2, 0.25) is 0 Å². The molecule has 0 radical (unpaired) electrons. The molecule has 0 saturated carbocycles. The number of carbonyl (C=O) groups is 2. The molecule has 0 aliphatic heterocycles. The molecule has 0 fully saturated rings. The number of urea groups is 1. The van der Waals surface area contributed by atoms with E-state index in [1.807, 2.05) is 19.1 Å². The number of hydrogen-bond donors (Lipinski definition) is 2. The first-order chi connectivity index (χ1) is 14.3. The summed E-state index contributed by atoms with van der Waals surface area (Å²) in [5.74, 6) is -0.151. The highest BCUT2D eigenvalue weighted by Gasteiger charge is 2.14. The fourth-order valence-electron chi connectivity index (χ4n) is 2.87. The lowest BCUT2D eigenvalue weighted by atomic mass is 10.1. The average Bonchev–Trinajstić information content (AvgIpc) is 2.74. The van der Waals surface area contributed by atoms with E-state index in [1.165, 1.54) is 4.90 Å². The van der Waals surface area contributed by atoms with Crippen LogP contribution >= 0.6 is 23.2 Å². The minimum atomic E-state index is -0.323. The fourth-order valence-corrected chi connectivity index (χ4v) is 3.12. The van der Waals surface area contributed by atoms with Crippen LogP contribution in [0.5, 0.6) is 0 Å². The number of benzene rings is 3. The Hall–Kier alpha value is -3.02. The molecule has 3 amide bonds. The molecule has 154 valence electrons. The van der Waals surface area contributed by atoms with Crippen LogP contribution in [0.15, 0.2) is 72.8 Å². The second-order valence-corrected chi connectivity index (χ2v) is 7.66. The van der Waals surface area contributed by atoms with Crippen molar-refractivity contribution >= 4 is 46.5 Å². The number of amides is 3. The van der Waals surface area contributed by atoms with E-state index in [2.05, 4.69) is 10.6 Å². The molecule has 0 saturated heterocycles. The Morgan fingerprint density at radius 3 is 1.93 bits per heavy atom. The van der Waals surface area contributed by atoms with E-state index in [4.69, 9.17) is 23.2 Å². The van der Waals surface area contributed by atoms with Crippen LogP contribution in [0, 0.1) is 0 Å². The van der Waals surface area contributed by atoms with Crippen molar-refractivity contribution in [1.82, 2.24) is 5.32 Å². The molecule has 3 rings (SSSR count). The van der Waals surface area contributed by atoms with E-state index in [0.29, 0.717) is 27.0 Å². The third-order valence-corrected chi connectivity index (χ3v) is 5.13. The topological polar surface area (TPSA) is 61.4 Å². The van der Waals surface area contributed by atoms with E-state index in [-0.39, 0.29) is 18.0 Å².